The van der Waals surface area contributed by atoms with E-state index in [0.29, 0.717) is 28.4 Å². The fourth-order valence-corrected chi connectivity index (χ4v) is 2.27. The predicted octanol–water partition coefficient (Wildman–Crippen LogP) is 4.63. The topological polar surface area (TPSA) is 44.8 Å². The van der Waals surface area contributed by atoms with E-state index in [4.69, 9.17) is 14.2 Å². The van der Waals surface area contributed by atoms with Crippen molar-refractivity contribution in [1.82, 2.24) is 0 Å². The third kappa shape index (κ3) is 4.36. The second-order valence-corrected chi connectivity index (χ2v) is 5.23. The lowest BCUT2D eigenvalue weighted by Crippen LogP contribution is -2.04. The van der Waals surface area contributed by atoms with Crippen LogP contribution in [-0.4, -0.2) is 27.1 Å². The highest BCUT2D eigenvalue weighted by Gasteiger charge is 2.29. The first-order chi connectivity index (χ1) is 12.3. The summed E-state index contributed by atoms with van der Waals surface area (Å²) in [6.07, 6.45) is -1.69. The van der Waals surface area contributed by atoms with Crippen LogP contribution in [0.5, 0.6) is 17.2 Å². The summed E-state index contributed by atoms with van der Waals surface area (Å²) >= 11 is 0. The summed E-state index contributed by atoms with van der Waals surface area (Å²) in [5, 5.41) is 0. The smallest absolute Gasteiger partial charge is 0.416 e. The number of halogens is 3. The number of hydrogen-bond donors (Lipinski definition) is 0. The van der Waals surface area contributed by atoms with Gasteiger partial charge in [0.2, 0.25) is 5.75 Å². The van der Waals surface area contributed by atoms with Crippen molar-refractivity contribution in [3.63, 3.8) is 0 Å². The first kappa shape index (κ1) is 19.4. The molecule has 0 aliphatic heterocycles. The number of ketones is 1. The van der Waals surface area contributed by atoms with E-state index < -0.39 is 11.7 Å². The number of alkyl halides is 3. The molecule has 0 aliphatic rings. The lowest BCUT2D eigenvalue weighted by Gasteiger charge is -2.13. The number of carbonyl (C=O) groups is 1. The molecule has 0 fully saturated rings. The van der Waals surface area contributed by atoms with E-state index in [2.05, 4.69) is 0 Å². The maximum atomic E-state index is 12.6. The summed E-state index contributed by atoms with van der Waals surface area (Å²) in [6, 6.07) is 7.51. The number of hydrogen-bond acceptors (Lipinski definition) is 4. The van der Waals surface area contributed by atoms with Crippen molar-refractivity contribution in [1.29, 1.82) is 0 Å². The van der Waals surface area contributed by atoms with E-state index in [1.807, 2.05) is 0 Å². The Balaban J connectivity index is 2.25. The number of methoxy groups -OCH3 is 3. The average Bonchev–Trinajstić information content (AvgIpc) is 2.64. The summed E-state index contributed by atoms with van der Waals surface area (Å²) in [4.78, 5) is 12.4. The zero-order valence-corrected chi connectivity index (χ0v) is 14.4. The van der Waals surface area contributed by atoms with Crippen molar-refractivity contribution < 1.29 is 32.2 Å². The van der Waals surface area contributed by atoms with E-state index in [0.717, 1.165) is 12.1 Å². The zero-order chi connectivity index (χ0) is 19.3. The highest BCUT2D eigenvalue weighted by Crippen LogP contribution is 2.38. The normalized spacial score (nSPS) is 11.5. The van der Waals surface area contributed by atoms with Crippen LogP contribution in [0.2, 0.25) is 0 Å². The van der Waals surface area contributed by atoms with E-state index in [1.165, 1.54) is 57.7 Å². The zero-order valence-electron chi connectivity index (χ0n) is 14.4. The van der Waals surface area contributed by atoms with Crippen LogP contribution in [0.1, 0.15) is 21.5 Å². The minimum Gasteiger partial charge on any atom is -0.493 e. The first-order valence-corrected chi connectivity index (χ1v) is 7.49. The molecule has 2 rings (SSSR count). The molecule has 7 heteroatoms. The maximum absolute atomic E-state index is 12.6. The Labute approximate surface area is 148 Å². The van der Waals surface area contributed by atoms with Gasteiger partial charge in [0.15, 0.2) is 17.3 Å². The van der Waals surface area contributed by atoms with E-state index in [9.17, 15) is 18.0 Å². The van der Waals surface area contributed by atoms with Crippen molar-refractivity contribution in [3.8, 4) is 17.2 Å². The number of allylic oxidation sites excluding steroid dienone is 1. The molecule has 0 unspecified atom stereocenters. The minimum absolute atomic E-state index is 0.294. The Morgan fingerprint density at radius 2 is 1.46 bits per heavy atom. The lowest BCUT2D eigenvalue weighted by molar-refractivity contribution is -0.137. The van der Waals surface area contributed by atoms with Gasteiger partial charge in [-0.1, -0.05) is 18.2 Å². The molecule has 0 saturated heterocycles. The summed E-state index contributed by atoms with van der Waals surface area (Å²) < 4.78 is 53.2. The van der Waals surface area contributed by atoms with Crippen LogP contribution in [0.4, 0.5) is 13.2 Å². The van der Waals surface area contributed by atoms with Crippen LogP contribution >= 0.6 is 0 Å². The monoisotopic (exact) mass is 366 g/mol. The van der Waals surface area contributed by atoms with Crippen LogP contribution in [0.25, 0.3) is 6.08 Å². The maximum Gasteiger partial charge on any atom is 0.416 e. The van der Waals surface area contributed by atoms with Gasteiger partial charge < -0.3 is 14.2 Å². The molecule has 0 saturated carbocycles. The Bertz CT molecular complexity index is 784. The number of benzene rings is 2. The molecule has 0 amide bonds. The summed E-state index contributed by atoms with van der Waals surface area (Å²) in [5.74, 6) is 0.665. The van der Waals surface area contributed by atoms with Crippen molar-refractivity contribution >= 4 is 11.9 Å². The highest BCUT2D eigenvalue weighted by atomic mass is 19.4. The molecular weight excluding hydrogens is 349 g/mol. The van der Waals surface area contributed by atoms with Crippen molar-refractivity contribution in [2.45, 2.75) is 6.18 Å². The van der Waals surface area contributed by atoms with Crippen LogP contribution in [-0.2, 0) is 6.18 Å². The van der Waals surface area contributed by atoms with Gasteiger partial charge in [0, 0.05) is 5.56 Å². The summed E-state index contributed by atoms with van der Waals surface area (Å²) in [7, 11) is 4.32. The van der Waals surface area contributed by atoms with Gasteiger partial charge in [-0.3, -0.25) is 4.79 Å². The van der Waals surface area contributed by atoms with Gasteiger partial charge in [0.05, 0.1) is 26.9 Å². The molecule has 0 bridgehead atoms. The SMILES string of the molecule is COc1cc(C(=O)/C=C/c2ccc(C(F)(F)F)cc2)cc(OC)c1OC. The Morgan fingerprint density at radius 1 is 0.923 bits per heavy atom. The molecule has 26 heavy (non-hydrogen) atoms. The Morgan fingerprint density at radius 3 is 1.88 bits per heavy atom. The third-order valence-corrected chi connectivity index (χ3v) is 3.61. The molecule has 0 atom stereocenters. The van der Waals surface area contributed by atoms with Crippen molar-refractivity contribution in [3.05, 3.63) is 59.2 Å². The van der Waals surface area contributed by atoms with Crippen LogP contribution < -0.4 is 14.2 Å². The van der Waals surface area contributed by atoms with Gasteiger partial charge in [-0.2, -0.15) is 13.2 Å². The van der Waals surface area contributed by atoms with Gasteiger partial charge in [-0.05, 0) is 35.9 Å². The molecule has 0 aliphatic carbocycles. The van der Waals surface area contributed by atoms with E-state index in [-0.39, 0.29) is 5.78 Å². The van der Waals surface area contributed by atoms with Gasteiger partial charge in [0.1, 0.15) is 0 Å². The number of ether oxygens (including phenoxy) is 3. The Hall–Kier alpha value is -2.96. The molecule has 2 aromatic carbocycles. The molecule has 4 nitrogen and oxygen atoms in total. The molecule has 0 radical (unpaired) electrons. The molecule has 0 aromatic heterocycles. The molecule has 138 valence electrons. The van der Waals surface area contributed by atoms with Crippen LogP contribution in [0, 0.1) is 0 Å². The fourth-order valence-electron chi connectivity index (χ4n) is 2.27. The number of rotatable bonds is 6. The largest absolute Gasteiger partial charge is 0.493 e. The quantitative estimate of drug-likeness (QED) is 0.552. The molecule has 0 N–H and O–H groups in total. The highest BCUT2D eigenvalue weighted by molar-refractivity contribution is 6.07. The predicted molar refractivity (Wildman–Crippen MR) is 90.9 cm³/mol. The minimum atomic E-state index is -4.39. The average molecular weight is 366 g/mol. The molecule has 0 heterocycles. The van der Waals surface area contributed by atoms with Gasteiger partial charge in [0.25, 0.3) is 0 Å². The summed E-state index contributed by atoms with van der Waals surface area (Å²) in [6.45, 7) is 0. The number of carbonyl (C=O) groups excluding carboxylic acids is 1. The first-order valence-electron chi connectivity index (χ1n) is 7.49. The standard InChI is InChI=1S/C19H17F3O4/c1-24-16-10-13(11-17(25-2)18(16)26-3)15(23)9-6-12-4-7-14(8-5-12)19(20,21)22/h4-11H,1-3H3/b9-6+. The van der Waals surface area contributed by atoms with Crippen molar-refractivity contribution in [2.75, 3.05) is 21.3 Å². The van der Waals surface area contributed by atoms with Gasteiger partial charge in [-0.25, -0.2) is 0 Å². The van der Waals surface area contributed by atoms with Crippen molar-refractivity contribution in [2.24, 2.45) is 0 Å². The third-order valence-electron chi connectivity index (χ3n) is 3.61. The Kier molecular flexibility index (Phi) is 5.92. The van der Waals surface area contributed by atoms with Gasteiger partial charge in [-0.15, -0.1) is 0 Å². The second kappa shape index (κ2) is 7.95. The second-order valence-electron chi connectivity index (χ2n) is 5.23. The molecule has 2 aromatic rings. The van der Waals surface area contributed by atoms with E-state index in [1.54, 1.807) is 0 Å². The van der Waals surface area contributed by atoms with Gasteiger partial charge >= 0.3 is 6.18 Å². The van der Waals surface area contributed by atoms with Crippen LogP contribution in [0.3, 0.4) is 0 Å². The molecule has 0 spiro atoms. The summed E-state index contributed by atoms with van der Waals surface area (Å²) in [5.41, 5.74) is 0.0204. The lowest BCUT2D eigenvalue weighted by atomic mass is 10.1. The van der Waals surface area contributed by atoms with E-state index >= 15 is 0 Å². The molecular formula is C19H17F3O4. The fraction of sp³-hybridized carbons (Fsp3) is 0.211. The van der Waals surface area contributed by atoms with Crippen LogP contribution in [0.15, 0.2) is 42.5 Å².